The van der Waals surface area contributed by atoms with Gasteiger partial charge in [0.1, 0.15) is 11.9 Å². The third-order valence-electron chi connectivity index (χ3n) is 2.76. The molecular weight excluding hydrogens is 206 g/mol. The van der Waals surface area contributed by atoms with Crippen molar-refractivity contribution in [3.8, 4) is 0 Å². The van der Waals surface area contributed by atoms with Crippen molar-refractivity contribution in [2.75, 3.05) is 6.61 Å². The van der Waals surface area contributed by atoms with E-state index >= 15 is 0 Å². The number of nitrogens with zero attached hydrogens (tertiary/aromatic N) is 1. The topological polar surface area (TPSA) is 67.0 Å². The van der Waals surface area contributed by atoms with Gasteiger partial charge in [-0.3, -0.25) is 4.79 Å². The molecule has 0 radical (unpaired) electrons. The minimum Gasteiger partial charge on any atom is -0.371 e. The molecule has 0 saturated heterocycles. The Balaban J connectivity index is 2.35. The zero-order chi connectivity index (χ0) is 11.5. The molecule has 88 valence electrons. The van der Waals surface area contributed by atoms with Crippen molar-refractivity contribution in [2.24, 2.45) is 0 Å². The minimum absolute atomic E-state index is 0.0387. The Bertz CT molecular complexity index is 428. The molecule has 2 N–H and O–H groups in total. The summed E-state index contributed by atoms with van der Waals surface area (Å²) in [6.07, 6.45) is 0.701. The van der Waals surface area contributed by atoms with Crippen molar-refractivity contribution >= 4 is 0 Å². The van der Waals surface area contributed by atoms with Gasteiger partial charge in [0.2, 0.25) is 0 Å². The number of aromatic nitrogens is 2. The Morgan fingerprint density at radius 3 is 2.94 bits per heavy atom. The van der Waals surface area contributed by atoms with Crippen LogP contribution in [0.15, 0.2) is 4.79 Å². The van der Waals surface area contributed by atoms with Gasteiger partial charge < -0.3 is 15.0 Å². The number of hydrogen-bond acceptors (Lipinski definition) is 4. The molecule has 1 aromatic rings. The number of rotatable bonds is 4. The fourth-order valence-corrected chi connectivity index (χ4v) is 1.94. The summed E-state index contributed by atoms with van der Waals surface area (Å²) in [6.45, 7) is 5.87. The smallest absolute Gasteiger partial charge is 0.255 e. The molecule has 2 rings (SSSR count). The number of H-pyrrole nitrogens is 1. The van der Waals surface area contributed by atoms with Crippen LogP contribution in [0.2, 0.25) is 0 Å². The largest absolute Gasteiger partial charge is 0.371 e. The van der Waals surface area contributed by atoms with Gasteiger partial charge in [-0.15, -0.1) is 0 Å². The number of aromatic amines is 1. The van der Waals surface area contributed by atoms with E-state index in [2.05, 4.69) is 15.3 Å². The maximum Gasteiger partial charge on any atom is 0.255 e. The Morgan fingerprint density at radius 1 is 1.44 bits per heavy atom. The molecule has 1 aliphatic rings. The van der Waals surface area contributed by atoms with Gasteiger partial charge in [-0.2, -0.15) is 0 Å². The van der Waals surface area contributed by atoms with Crippen molar-refractivity contribution in [2.45, 2.75) is 39.5 Å². The normalized spacial score (nSPS) is 16.1. The lowest BCUT2D eigenvalue weighted by molar-refractivity contribution is 0.0531. The van der Waals surface area contributed by atoms with Gasteiger partial charge in [0.25, 0.3) is 5.56 Å². The fourth-order valence-electron chi connectivity index (χ4n) is 1.94. The van der Waals surface area contributed by atoms with Crippen LogP contribution in [-0.2, 0) is 17.8 Å². The Hall–Kier alpha value is -1.20. The quantitative estimate of drug-likeness (QED) is 0.794. The Labute approximate surface area is 94.2 Å². The predicted octanol–water partition coefficient (Wildman–Crippen LogP) is 0.861. The highest BCUT2D eigenvalue weighted by Gasteiger charge is 2.20. The fraction of sp³-hybridized carbons (Fsp3) is 0.636. The average molecular weight is 223 g/mol. The zero-order valence-corrected chi connectivity index (χ0v) is 9.67. The standard InChI is InChI=1S/C11H17N3O2/c1-3-9(16-4-2)10-13-8-6-12-5-7(8)11(15)14-10/h9,12H,3-6H2,1-2H3,(H,13,14,15). The van der Waals surface area contributed by atoms with Gasteiger partial charge in [0, 0.05) is 19.7 Å². The van der Waals surface area contributed by atoms with E-state index < -0.39 is 0 Å². The van der Waals surface area contributed by atoms with E-state index in [0.717, 1.165) is 17.7 Å². The van der Waals surface area contributed by atoms with Crippen LogP contribution in [0.3, 0.4) is 0 Å². The van der Waals surface area contributed by atoms with E-state index in [0.29, 0.717) is 25.5 Å². The Kier molecular flexibility index (Phi) is 3.36. The molecule has 1 aliphatic heterocycles. The van der Waals surface area contributed by atoms with Gasteiger partial charge in [-0.05, 0) is 13.3 Å². The molecule has 16 heavy (non-hydrogen) atoms. The van der Waals surface area contributed by atoms with Crippen LogP contribution in [0.4, 0.5) is 0 Å². The molecule has 0 bridgehead atoms. The van der Waals surface area contributed by atoms with Gasteiger partial charge >= 0.3 is 0 Å². The third kappa shape index (κ3) is 2.01. The van der Waals surface area contributed by atoms with Gasteiger partial charge in [0.05, 0.1) is 11.3 Å². The summed E-state index contributed by atoms with van der Waals surface area (Å²) in [5.41, 5.74) is 1.58. The maximum atomic E-state index is 11.8. The van der Waals surface area contributed by atoms with Crippen LogP contribution < -0.4 is 10.9 Å². The summed E-state index contributed by atoms with van der Waals surface area (Å²) in [6, 6.07) is 0. The van der Waals surface area contributed by atoms with E-state index in [1.807, 2.05) is 13.8 Å². The number of nitrogens with one attached hydrogen (secondary N) is 2. The van der Waals surface area contributed by atoms with Crippen molar-refractivity contribution in [3.63, 3.8) is 0 Å². The second-order valence-electron chi connectivity index (χ2n) is 3.83. The number of fused-ring (bicyclic) bond motifs is 1. The van der Waals surface area contributed by atoms with Crippen molar-refractivity contribution in [1.29, 1.82) is 0 Å². The van der Waals surface area contributed by atoms with Gasteiger partial charge in [0.15, 0.2) is 0 Å². The molecule has 5 heteroatoms. The zero-order valence-electron chi connectivity index (χ0n) is 9.67. The highest BCUT2D eigenvalue weighted by Crippen LogP contribution is 2.18. The van der Waals surface area contributed by atoms with Crippen LogP contribution in [0.5, 0.6) is 0 Å². The monoisotopic (exact) mass is 223 g/mol. The van der Waals surface area contributed by atoms with E-state index in [1.165, 1.54) is 0 Å². The second-order valence-corrected chi connectivity index (χ2v) is 3.83. The van der Waals surface area contributed by atoms with E-state index in [9.17, 15) is 4.79 Å². The Morgan fingerprint density at radius 2 is 2.25 bits per heavy atom. The third-order valence-corrected chi connectivity index (χ3v) is 2.76. The highest BCUT2D eigenvalue weighted by molar-refractivity contribution is 5.22. The molecule has 1 unspecified atom stereocenters. The predicted molar refractivity (Wildman–Crippen MR) is 60.1 cm³/mol. The van der Waals surface area contributed by atoms with Crippen LogP contribution >= 0.6 is 0 Å². The van der Waals surface area contributed by atoms with Crippen LogP contribution in [0.1, 0.15) is 43.5 Å². The molecule has 1 aromatic heterocycles. The molecule has 0 aliphatic carbocycles. The molecule has 0 fully saturated rings. The first-order valence-electron chi connectivity index (χ1n) is 5.70. The average Bonchev–Trinajstić information content (AvgIpc) is 2.74. The van der Waals surface area contributed by atoms with Crippen LogP contribution in [-0.4, -0.2) is 16.6 Å². The van der Waals surface area contributed by atoms with E-state index in [-0.39, 0.29) is 11.7 Å². The minimum atomic E-state index is -0.108. The van der Waals surface area contributed by atoms with Crippen LogP contribution in [0.25, 0.3) is 0 Å². The molecule has 1 atom stereocenters. The van der Waals surface area contributed by atoms with Crippen LogP contribution in [0, 0.1) is 0 Å². The highest BCUT2D eigenvalue weighted by atomic mass is 16.5. The first-order chi connectivity index (χ1) is 7.76. The molecule has 0 aromatic carbocycles. The summed E-state index contributed by atoms with van der Waals surface area (Å²) in [7, 11) is 0. The summed E-state index contributed by atoms with van der Waals surface area (Å²) >= 11 is 0. The SMILES string of the molecule is CCOC(CC)c1nc2c(c(=O)[nH]1)CNC2. The number of hydrogen-bond donors (Lipinski definition) is 2. The molecule has 2 heterocycles. The van der Waals surface area contributed by atoms with Crippen molar-refractivity contribution in [3.05, 3.63) is 27.4 Å². The summed E-state index contributed by atoms with van der Waals surface area (Å²) in [5.74, 6) is 0.650. The van der Waals surface area contributed by atoms with E-state index in [1.54, 1.807) is 0 Å². The lowest BCUT2D eigenvalue weighted by atomic mass is 10.2. The second kappa shape index (κ2) is 4.76. The molecule has 0 saturated carbocycles. The van der Waals surface area contributed by atoms with E-state index in [4.69, 9.17) is 4.74 Å². The molecule has 0 spiro atoms. The summed E-state index contributed by atoms with van der Waals surface area (Å²) in [4.78, 5) is 19.0. The van der Waals surface area contributed by atoms with Crippen molar-refractivity contribution in [1.82, 2.24) is 15.3 Å². The molecule has 0 amide bonds. The lowest BCUT2D eigenvalue weighted by Gasteiger charge is -2.14. The first-order valence-corrected chi connectivity index (χ1v) is 5.70. The molecule has 5 nitrogen and oxygen atoms in total. The van der Waals surface area contributed by atoms with Gasteiger partial charge in [-0.25, -0.2) is 4.98 Å². The number of ether oxygens (including phenoxy) is 1. The van der Waals surface area contributed by atoms with Gasteiger partial charge in [-0.1, -0.05) is 6.92 Å². The summed E-state index contributed by atoms with van der Waals surface area (Å²) < 4.78 is 5.54. The lowest BCUT2D eigenvalue weighted by Crippen LogP contribution is -2.20. The maximum absolute atomic E-state index is 11.8. The van der Waals surface area contributed by atoms with Crippen molar-refractivity contribution < 1.29 is 4.74 Å². The summed E-state index contributed by atoms with van der Waals surface area (Å²) in [5, 5.41) is 3.12. The first kappa shape index (κ1) is 11.3. The molecular formula is C11H17N3O2.